The lowest BCUT2D eigenvalue weighted by atomic mass is 9.72. The van der Waals surface area contributed by atoms with E-state index in [2.05, 4.69) is 12.2 Å². The zero-order chi connectivity index (χ0) is 41.8. The average molecular weight is 791 g/mol. The standard InChI is InChI=1S/C41H78N2O12/c1-15-17-18-42-31-22(3)20-39(9,48)36(55-38-32(44)28(43(12)13)19-23(4)51-38)25(6)33(54-30-21-40(10,50-14)35(46)27(8)52-30)26(7)37(47)53-29(16-2)41(11,49)34(45)24(31)5/h22-36,38,42,44-46,48-49H,15-21H2,1-14H3/t22-,23?,24+,25+,26-,27?,28?,29-,30?,31+,32?,33+,34-,35?,36-,38?,39-,40?,41-/m1/s1. The van der Waals surface area contributed by atoms with Crippen LogP contribution >= 0.6 is 0 Å². The molecule has 3 fully saturated rings. The molecular weight excluding hydrogens is 712 g/mol. The third-order valence-electron chi connectivity index (χ3n) is 13.0. The maximum Gasteiger partial charge on any atom is 0.311 e. The minimum atomic E-state index is -1.82. The van der Waals surface area contributed by atoms with Crippen LogP contribution in [0, 0.1) is 23.7 Å². The number of methoxy groups -OCH3 is 1. The summed E-state index contributed by atoms with van der Waals surface area (Å²) in [5.41, 5.74) is -4.46. The van der Waals surface area contributed by atoms with Crippen molar-refractivity contribution in [3.63, 3.8) is 0 Å². The highest BCUT2D eigenvalue weighted by atomic mass is 16.7. The number of aliphatic hydroxyl groups is 5. The van der Waals surface area contributed by atoms with Gasteiger partial charge in [-0.3, -0.25) is 4.79 Å². The molecule has 3 aliphatic heterocycles. The number of aliphatic hydroxyl groups excluding tert-OH is 3. The van der Waals surface area contributed by atoms with Crippen LogP contribution in [0.4, 0.5) is 0 Å². The maximum absolute atomic E-state index is 14.3. The lowest BCUT2D eigenvalue weighted by molar-refractivity contribution is -0.318. The molecular formula is C41H78N2O12. The number of esters is 1. The van der Waals surface area contributed by atoms with Crippen LogP contribution in [0.1, 0.15) is 115 Å². The molecule has 0 radical (unpaired) electrons. The molecule has 0 amide bonds. The first-order valence-corrected chi connectivity index (χ1v) is 20.7. The minimum absolute atomic E-state index is 0.132. The summed E-state index contributed by atoms with van der Waals surface area (Å²) < 4.78 is 37.8. The highest BCUT2D eigenvalue weighted by molar-refractivity contribution is 5.73. The summed E-state index contributed by atoms with van der Waals surface area (Å²) in [6, 6.07) is -0.654. The highest BCUT2D eigenvalue weighted by Crippen LogP contribution is 2.41. The Morgan fingerprint density at radius 1 is 0.909 bits per heavy atom. The summed E-state index contributed by atoms with van der Waals surface area (Å²) in [6.07, 6.45) is -6.52. The predicted octanol–water partition coefficient (Wildman–Crippen LogP) is 2.97. The van der Waals surface area contributed by atoms with Crippen LogP contribution in [0.2, 0.25) is 0 Å². The molecule has 3 saturated heterocycles. The van der Waals surface area contributed by atoms with Crippen molar-refractivity contribution >= 4 is 5.97 Å². The third kappa shape index (κ3) is 11.2. The number of hydrogen-bond acceptors (Lipinski definition) is 14. The number of nitrogens with one attached hydrogen (secondary N) is 1. The molecule has 3 rings (SSSR count). The third-order valence-corrected chi connectivity index (χ3v) is 13.0. The van der Waals surface area contributed by atoms with Crippen molar-refractivity contribution in [1.29, 1.82) is 0 Å². The van der Waals surface area contributed by atoms with E-state index in [0.29, 0.717) is 13.0 Å². The molecule has 0 bridgehead atoms. The average Bonchev–Trinajstić information content (AvgIpc) is 3.11. The first kappa shape index (κ1) is 48.4. The number of rotatable bonds is 11. The second-order valence-electron chi connectivity index (χ2n) is 18.0. The number of nitrogens with zero attached hydrogens (tertiary/aromatic N) is 1. The van der Waals surface area contributed by atoms with Gasteiger partial charge in [-0.05, 0) is 93.8 Å². The molecule has 0 aromatic rings. The summed E-state index contributed by atoms with van der Waals surface area (Å²) in [6.45, 7) is 20.5. The number of ether oxygens (including phenoxy) is 6. The van der Waals surface area contributed by atoms with E-state index in [1.165, 1.54) is 14.0 Å². The molecule has 324 valence electrons. The monoisotopic (exact) mass is 791 g/mol. The molecule has 3 aliphatic rings. The number of carbonyl (C=O) groups excluding carboxylic acids is 1. The van der Waals surface area contributed by atoms with Gasteiger partial charge in [-0.1, -0.05) is 41.0 Å². The van der Waals surface area contributed by atoms with Gasteiger partial charge in [-0.2, -0.15) is 0 Å². The van der Waals surface area contributed by atoms with Gasteiger partial charge < -0.3 is 64.2 Å². The van der Waals surface area contributed by atoms with Crippen molar-refractivity contribution in [2.45, 2.75) is 205 Å². The molecule has 6 N–H and O–H groups in total. The van der Waals surface area contributed by atoms with E-state index in [0.717, 1.165) is 12.8 Å². The van der Waals surface area contributed by atoms with Crippen molar-refractivity contribution in [2.75, 3.05) is 27.7 Å². The molecule has 19 atom stereocenters. The van der Waals surface area contributed by atoms with E-state index in [4.69, 9.17) is 28.4 Å². The SMILES string of the molecule is CCCCN[C@@H]1[C@H](C)[C@@H](O)[C@](C)(O)[C@@H](CC)OC(=O)[C@H](C)[C@@H](OC2CC(C)(OC)C(O)C(C)O2)[C@H](C)[C@@H](OC2OC(C)CC(N(C)C)C2O)[C@](C)(O)C[C@H]1C. The lowest BCUT2D eigenvalue weighted by Gasteiger charge is -2.49. The molecule has 55 heavy (non-hydrogen) atoms. The van der Waals surface area contributed by atoms with Gasteiger partial charge in [0, 0.05) is 37.5 Å². The zero-order valence-electron chi connectivity index (χ0n) is 36.2. The highest BCUT2D eigenvalue weighted by Gasteiger charge is 2.53. The Bertz CT molecular complexity index is 1190. The Kier molecular flexibility index (Phi) is 17.4. The van der Waals surface area contributed by atoms with E-state index in [-0.39, 0.29) is 43.4 Å². The van der Waals surface area contributed by atoms with E-state index in [9.17, 15) is 30.3 Å². The van der Waals surface area contributed by atoms with Gasteiger partial charge >= 0.3 is 5.97 Å². The molecule has 3 heterocycles. The summed E-state index contributed by atoms with van der Waals surface area (Å²) >= 11 is 0. The molecule has 0 spiro atoms. The molecule has 0 aromatic heterocycles. The zero-order valence-corrected chi connectivity index (χ0v) is 36.2. The van der Waals surface area contributed by atoms with Crippen LogP contribution in [0.25, 0.3) is 0 Å². The molecule has 0 aliphatic carbocycles. The van der Waals surface area contributed by atoms with Crippen molar-refractivity contribution in [1.82, 2.24) is 10.2 Å². The molecule has 0 aromatic carbocycles. The summed E-state index contributed by atoms with van der Waals surface area (Å²) in [7, 11) is 5.29. The topological polar surface area (TPSA) is 189 Å². The Labute approximate surface area is 330 Å². The van der Waals surface area contributed by atoms with Crippen LogP contribution in [0.5, 0.6) is 0 Å². The van der Waals surface area contributed by atoms with E-state index in [1.54, 1.807) is 34.6 Å². The molecule has 14 heteroatoms. The van der Waals surface area contributed by atoms with Crippen LogP contribution in [0.15, 0.2) is 0 Å². The number of likely N-dealkylation sites (N-methyl/N-ethyl adjacent to an activating group) is 1. The Hall–Kier alpha value is -1.01. The van der Waals surface area contributed by atoms with E-state index in [1.807, 2.05) is 46.7 Å². The smallest absolute Gasteiger partial charge is 0.311 e. The quantitative estimate of drug-likeness (QED) is 0.132. The lowest BCUT2D eigenvalue weighted by Crippen LogP contribution is -2.62. The Morgan fingerprint density at radius 2 is 1.55 bits per heavy atom. The van der Waals surface area contributed by atoms with Gasteiger partial charge in [0.05, 0.1) is 47.6 Å². The molecule has 0 saturated carbocycles. The van der Waals surface area contributed by atoms with Gasteiger partial charge in [0.2, 0.25) is 0 Å². The van der Waals surface area contributed by atoms with Gasteiger partial charge in [-0.25, -0.2) is 0 Å². The number of hydrogen-bond donors (Lipinski definition) is 6. The first-order valence-electron chi connectivity index (χ1n) is 20.7. The summed E-state index contributed by atoms with van der Waals surface area (Å²) in [5, 5.41) is 62.8. The fourth-order valence-electron chi connectivity index (χ4n) is 9.44. The van der Waals surface area contributed by atoms with Gasteiger partial charge in [-0.15, -0.1) is 0 Å². The summed E-state index contributed by atoms with van der Waals surface area (Å²) in [4.78, 5) is 16.2. The number of unbranched alkanes of at least 4 members (excludes halogenated alkanes) is 1. The van der Waals surface area contributed by atoms with Crippen molar-refractivity contribution in [3.8, 4) is 0 Å². The minimum Gasteiger partial charge on any atom is -0.459 e. The van der Waals surface area contributed by atoms with Crippen LogP contribution < -0.4 is 5.32 Å². The predicted molar refractivity (Wildman–Crippen MR) is 208 cm³/mol. The van der Waals surface area contributed by atoms with Crippen LogP contribution in [0.3, 0.4) is 0 Å². The first-order chi connectivity index (χ1) is 25.5. The Morgan fingerprint density at radius 3 is 2.11 bits per heavy atom. The van der Waals surface area contributed by atoms with Crippen LogP contribution in [-0.4, -0.2) is 154 Å². The fourth-order valence-corrected chi connectivity index (χ4v) is 9.44. The second kappa shape index (κ2) is 19.8. The van der Waals surface area contributed by atoms with Crippen molar-refractivity contribution < 1.29 is 58.7 Å². The van der Waals surface area contributed by atoms with Gasteiger partial charge in [0.15, 0.2) is 12.6 Å². The van der Waals surface area contributed by atoms with Gasteiger partial charge in [0.1, 0.15) is 23.9 Å². The second-order valence-corrected chi connectivity index (χ2v) is 18.0. The normalized spacial score (nSPS) is 48.3. The van der Waals surface area contributed by atoms with Gasteiger partial charge in [0.25, 0.3) is 0 Å². The maximum atomic E-state index is 14.3. The molecule has 8 unspecified atom stereocenters. The fraction of sp³-hybridized carbons (Fsp3) is 0.976. The van der Waals surface area contributed by atoms with Crippen molar-refractivity contribution in [2.24, 2.45) is 23.7 Å². The number of cyclic esters (lactones) is 1. The largest absolute Gasteiger partial charge is 0.459 e. The van der Waals surface area contributed by atoms with E-state index < -0.39 is 95.8 Å². The van der Waals surface area contributed by atoms with Crippen molar-refractivity contribution in [3.05, 3.63) is 0 Å². The van der Waals surface area contributed by atoms with E-state index >= 15 is 0 Å². The van der Waals surface area contributed by atoms with Crippen LogP contribution in [-0.2, 0) is 33.2 Å². The summed E-state index contributed by atoms with van der Waals surface area (Å²) in [5.74, 6) is -3.25. The molecule has 14 nitrogen and oxygen atoms in total. The number of carbonyl (C=O) groups is 1. The Balaban J connectivity index is 2.22.